The number of hydrogen-bond donors (Lipinski definition) is 1. The van der Waals surface area contributed by atoms with Gasteiger partial charge in [0.1, 0.15) is 0 Å². The smallest absolute Gasteiger partial charge is 0.237 e. The van der Waals surface area contributed by atoms with Crippen LogP contribution in [0.15, 0.2) is 47.6 Å². The van der Waals surface area contributed by atoms with Crippen molar-refractivity contribution in [3.05, 3.63) is 58.6 Å². The van der Waals surface area contributed by atoms with Gasteiger partial charge in [0.2, 0.25) is 11.1 Å². The van der Waals surface area contributed by atoms with E-state index in [4.69, 9.17) is 11.6 Å². The van der Waals surface area contributed by atoms with Crippen LogP contribution in [0.3, 0.4) is 0 Å². The zero-order chi connectivity index (χ0) is 18.7. The molecule has 0 fully saturated rings. The van der Waals surface area contributed by atoms with Gasteiger partial charge in [-0.1, -0.05) is 41.6 Å². The molecule has 0 bridgehead atoms. The van der Waals surface area contributed by atoms with Crippen LogP contribution in [0, 0.1) is 13.8 Å². The maximum Gasteiger partial charge on any atom is 0.237 e. The fraction of sp³-hybridized carbons (Fsp3) is 0.222. The average molecular weight is 388 g/mol. The van der Waals surface area contributed by atoms with E-state index in [1.54, 1.807) is 28.9 Å². The summed E-state index contributed by atoms with van der Waals surface area (Å²) in [6.45, 7) is 5.87. The molecule has 3 aromatic rings. The molecule has 1 N–H and O–H groups in total. The summed E-state index contributed by atoms with van der Waals surface area (Å²) >= 11 is 7.25. The van der Waals surface area contributed by atoms with E-state index in [1.807, 2.05) is 39.0 Å². The van der Waals surface area contributed by atoms with E-state index >= 15 is 0 Å². The van der Waals surface area contributed by atoms with Gasteiger partial charge < -0.3 is 5.32 Å². The largest absolute Gasteiger partial charge is 0.325 e. The number of tetrazole rings is 1. The number of anilines is 1. The van der Waals surface area contributed by atoms with Gasteiger partial charge in [-0.15, -0.1) is 5.10 Å². The van der Waals surface area contributed by atoms with Crippen LogP contribution in [0.4, 0.5) is 5.69 Å². The Labute approximate surface area is 160 Å². The Morgan fingerprint density at radius 1 is 1.23 bits per heavy atom. The second kappa shape index (κ2) is 7.88. The molecule has 134 valence electrons. The summed E-state index contributed by atoms with van der Waals surface area (Å²) in [5.41, 5.74) is 3.81. The number of carbonyl (C=O) groups excluding carboxylic acids is 1. The molecule has 0 spiro atoms. The Balaban J connectivity index is 1.76. The van der Waals surface area contributed by atoms with Crippen molar-refractivity contribution < 1.29 is 4.79 Å². The summed E-state index contributed by atoms with van der Waals surface area (Å²) in [7, 11) is 0. The van der Waals surface area contributed by atoms with Crippen molar-refractivity contribution >= 4 is 35.0 Å². The van der Waals surface area contributed by atoms with Gasteiger partial charge in [0.05, 0.1) is 10.9 Å². The summed E-state index contributed by atoms with van der Waals surface area (Å²) in [6.07, 6.45) is 0. The van der Waals surface area contributed by atoms with Crippen molar-refractivity contribution in [2.45, 2.75) is 31.2 Å². The molecule has 0 radical (unpaired) electrons. The topological polar surface area (TPSA) is 72.7 Å². The highest BCUT2D eigenvalue weighted by Crippen LogP contribution is 2.26. The van der Waals surface area contributed by atoms with Crippen molar-refractivity contribution in [2.75, 3.05) is 5.32 Å². The van der Waals surface area contributed by atoms with Gasteiger partial charge in [0.25, 0.3) is 0 Å². The van der Waals surface area contributed by atoms with E-state index in [1.165, 1.54) is 11.8 Å². The number of thioether (sulfide) groups is 1. The maximum absolute atomic E-state index is 12.5. The second-order valence-electron chi connectivity index (χ2n) is 5.85. The molecule has 8 heteroatoms. The number of carbonyl (C=O) groups is 1. The molecule has 1 amide bonds. The van der Waals surface area contributed by atoms with Gasteiger partial charge in [-0.05, 0) is 66.6 Å². The van der Waals surface area contributed by atoms with Crippen molar-refractivity contribution in [3.8, 4) is 5.69 Å². The number of amides is 1. The van der Waals surface area contributed by atoms with E-state index < -0.39 is 0 Å². The third-order valence-electron chi connectivity index (χ3n) is 3.99. The molecule has 0 aliphatic rings. The normalized spacial score (nSPS) is 12.0. The lowest BCUT2D eigenvalue weighted by Gasteiger charge is -2.13. The average Bonchev–Trinajstić information content (AvgIpc) is 3.05. The summed E-state index contributed by atoms with van der Waals surface area (Å²) in [5, 5.41) is 15.5. The summed E-state index contributed by atoms with van der Waals surface area (Å²) in [6, 6.07) is 13.0. The molecule has 1 atom stereocenters. The second-order valence-corrected chi connectivity index (χ2v) is 7.60. The Morgan fingerprint density at radius 2 is 2.00 bits per heavy atom. The van der Waals surface area contributed by atoms with E-state index in [9.17, 15) is 4.79 Å². The molecule has 1 aromatic heterocycles. The van der Waals surface area contributed by atoms with Crippen LogP contribution in [-0.4, -0.2) is 31.4 Å². The molecule has 0 aliphatic heterocycles. The quantitative estimate of drug-likeness (QED) is 0.668. The number of halogens is 1. The fourth-order valence-electron chi connectivity index (χ4n) is 2.39. The Morgan fingerprint density at radius 3 is 2.77 bits per heavy atom. The first-order chi connectivity index (χ1) is 12.5. The van der Waals surface area contributed by atoms with Crippen molar-refractivity contribution in [3.63, 3.8) is 0 Å². The first kappa shape index (κ1) is 18.4. The van der Waals surface area contributed by atoms with Crippen LogP contribution in [0.2, 0.25) is 5.02 Å². The lowest BCUT2D eigenvalue weighted by Crippen LogP contribution is -2.23. The number of aryl methyl sites for hydroxylation is 1. The summed E-state index contributed by atoms with van der Waals surface area (Å²) < 4.78 is 1.66. The molecule has 1 unspecified atom stereocenters. The predicted octanol–water partition coefficient (Wildman–Crippen LogP) is 4.05. The molecule has 0 saturated carbocycles. The van der Waals surface area contributed by atoms with Crippen LogP contribution >= 0.6 is 23.4 Å². The van der Waals surface area contributed by atoms with Crippen molar-refractivity contribution in [1.82, 2.24) is 20.2 Å². The first-order valence-corrected chi connectivity index (χ1v) is 9.29. The standard InChI is InChI=1S/C18H18ClN5OS/c1-11-6-4-9-16(12(11)2)24-18(21-22-23-24)26-13(3)17(25)20-15-8-5-7-14(19)10-15/h4-10,13H,1-3H3,(H,20,25). The Hall–Kier alpha value is -2.38. The van der Waals surface area contributed by atoms with Crippen LogP contribution in [-0.2, 0) is 4.79 Å². The highest BCUT2D eigenvalue weighted by atomic mass is 35.5. The molecular weight excluding hydrogens is 370 g/mol. The van der Waals surface area contributed by atoms with Gasteiger partial charge >= 0.3 is 0 Å². The van der Waals surface area contributed by atoms with E-state index in [2.05, 4.69) is 20.8 Å². The number of nitrogens with zero attached hydrogens (tertiary/aromatic N) is 4. The summed E-state index contributed by atoms with van der Waals surface area (Å²) in [5.74, 6) is -0.146. The third-order valence-corrected chi connectivity index (χ3v) is 5.26. The third kappa shape index (κ3) is 4.05. The summed E-state index contributed by atoms with van der Waals surface area (Å²) in [4.78, 5) is 12.5. The molecule has 2 aromatic carbocycles. The minimum Gasteiger partial charge on any atom is -0.325 e. The molecule has 0 saturated heterocycles. The molecule has 1 heterocycles. The lowest BCUT2D eigenvalue weighted by atomic mass is 10.1. The van der Waals surface area contributed by atoms with Crippen LogP contribution in [0.1, 0.15) is 18.1 Å². The SMILES string of the molecule is Cc1cccc(-n2nnnc2SC(C)C(=O)Nc2cccc(Cl)c2)c1C. The molecular formula is C18H18ClN5OS. The number of rotatable bonds is 5. The number of aromatic nitrogens is 4. The zero-order valence-electron chi connectivity index (χ0n) is 14.6. The van der Waals surface area contributed by atoms with Crippen LogP contribution < -0.4 is 5.32 Å². The zero-order valence-corrected chi connectivity index (χ0v) is 16.2. The van der Waals surface area contributed by atoms with Gasteiger partial charge in [-0.2, -0.15) is 4.68 Å². The van der Waals surface area contributed by atoms with Crippen LogP contribution in [0.25, 0.3) is 5.69 Å². The van der Waals surface area contributed by atoms with E-state index in [-0.39, 0.29) is 11.2 Å². The molecule has 26 heavy (non-hydrogen) atoms. The Bertz CT molecular complexity index is 943. The van der Waals surface area contributed by atoms with Crippen molar-refractivity contribution in [1.29, 1.82) is 0 Å². The first-order valence-electron chi connectivity index (χ1n) is 8.04. The number of hydrogen-bond acceptors (Lipinski definition) is 5. The van der Waals surface area contributed by atoms with Gasteiger partial charge in [0, 0.05) is 10.7 Å². The van der Waals surface area contributed by atoms with E-state index in [0.29, 0.717) is 15.9 Å². The lowest BCUT2D eigenvalue weighted by molar-refractivity contribution is -0.115. The number of benzene rings is 2. The highest BCUT2D eigenvalue weighted by molar-refractivity contribution is 8.00. The minimum atomic E-state index is -0.385. The molecule has 6 nitrogen and oxygen atoms in total. The maximum atomic E-state index is 12.5. The predicted molar refractivity (Wildman–Crippen MR) is 104 cm³/mol. The van der Waals surface area contributed by atoms with Crippen molar-refractivity contribution in [2.24, 2.45) is 0 Å². The fourth-order valence-corrected chi connectivity index (χ4v) is 3.38. The molecule has 0 aliphatic carbocycles. The minimum absolute atomic E-state index is 0.146. The number of nitrogens with one attached hydrogen (secondary N) is 1. The van der Waals surface area contributed by atoms with Crippen LogP contribution in [0.5, 0.6) is 0 Å². The van der Waals surface area contributed by atoms with Gasteiger partial charge in [-0.3, -0.25) is 4.79 Å². The van der Waals surface area contributed by atoms with Gasteiger partial charge in [-0.25, -0.2) is 0 Å². The Kier molecular flexibility index (Phi) is 5.58. The highest BCUT2D eigenvalue weighted by Gasteiger charge is 2.20. The van der Waals surface area contributed by atoms with E-state index in [0.717, 1.165) is 16.8 Å². The molecule has 3 rings (SSSR count). The monoisotopic (exact) mass is 387 g/mol. The van der Waals surface area contributed by atoms with Gasteiger partial charge in [0.15, 0.2) is 0 Å².